The Bertz CT molecular complexity index is 852. The molecule has 166 valence electrons. The Labute approximate surface area is 182 Å². The van der Waals surface area contributed by atoms with Crippen molar-refractivity contribution in [1.82, 2.24) is 5.32 Å². The van der Waals surface area contributed by atoms with Gasteiger partial charge in [-0.25, -0.2) is 8.42 Å². The van der Waals surface area contributed by atoms with Crippen LogP contribution in [0.4, 0.5) is 5.69 Å². The second-order valence-corrected chi connectivity index (χ2v) is 10.6. The summed E-state index contributed by atoms with van der Waals surface area (Å²) in [6.07, 6.45) is 0.618. The largest absolute Gasteiger partial charge is 0.356 e. The molecule has 0 aromatic heterocycles. The number of rotatable bonds is 10. The van der Waals surface area contributed by atoms with Gasteiger partial charge in [-0.3, -0.25) is 9.79 Å². The van der Waals surface area contributed by atoms with Gasteiger partial charge in [-0.1, -0.05) is 23.9 Å². The minimum absolute atomic E-state index is 0.0190. The van der Waals surface area contributed by atoms with Gasteiger partial charge in [0, 0.05) is 37.1 Å². The van der Waals surface area contributed by atoms with Gasteiger partial charge in [-0.2, -0.15) is 0 Å². The van der Waals surface area contributed by atoms with Gasteiger partial charge in [0.15, 0.2) is 21.3 Å². The lowest BCUT2D eigenvalue weighted by molar-refractivity contribution is -0.139. The number of amides is 1. The summed E-state index contributed by atoms with van der Waals surface area (Å²) < 4.78 is 34.2. The minimum atomic E-state index is -2.94. The highest BCUT2D eigenvalue weighted by atomic mass is 32.2. The summed E-state index contributed by atoms with van der Waals surface area (Å²) in [7, 11) is -2.94. The predicted molar refractivity (Wildman–Crippen MR) is 120 cm³/mol. The molecule has 1 aromatic carbocycles. The summed E-state index contributed by atoms with van der Waals surface area (Å²) in [5.41, 5.74) is 1.78. The molecule has 1 fully saturated rings. The summed E-state index contributed by atoms with van der Waals surface area (Å²) >= 11 is 1.49. The van der Waals surface area contributed by atoms with Gasteiger partial charge in [0.1, 0.15) is 0 Å². The quantitative estimate of drug-likeness (QED) is 0.518. The Morgan fingerprint density at radius 3 is 2.53 bits per heavy atom. The standard InChI is InChI=1S/C20H29N3O5S2/c1-3-27-19(28-4-2)9-10-21-18(24)11-14-5-7-15(8-6-14)22-20-23-16-12-30(25,26)13-17(16)29-20/h5-8,16-17,19H,3-4,9-13H2,1-2H3,(H,21,24)(H,22,23)/t16-,17-/m1/s1. The summed E-state index contributed by atoms with van der Waals surface area (Å²) in [5, 5.41) is 6.90. The molecule has 0 aliphatic carbocycles. The van der Waals surface area contributed by atoms with Crippen molar-refractivity contribution in [2.24, 2.45) is 4.99 Å². The normalized spacial score (nSPS) is 22.0. The number of carbonyl (C=O) groups excluding carboxylic acids is 1. The second kappa shape index (κ2) is 10.6. The van der Waals surface area contributed by atoms with E-state index in [2.05, 4.69) is 15.6 Å². The Morgan fingerprint density at radius 2 is 1.90 bits per heavy atom. The number of fused-ring (bicyclic) bond motifs is 1. The van der Waals surface area contributed by atoms with Gasteiger partial charge in [-0.05, 0) is 31.5 Å². The van der Waals surface area contributed by atoms with Crippen LogP contribution >= 0.6 is 11.8 Å². The molecule has 2 aliphatic rings. The van der Waals surface area contributed by atoms with E-state index in [1.807, 2.05) is 38.1 Å². The molecular formula is C20H29N3O5S2. The Morgan fingerprint density at radius 1 is 1.20 bits per heavy atom. The molecule has 0 spiro atoms. The molecule has 1 amide bonds. The van der Waals surface area contributed by atoms with Gasteiger partial charge in [0.2, 0.25) is 5.91 Å². The van der Waals surface area contributed by atoms with Crippen molar-refractivity contribution < 1.29 is 22.7 Å². The number of hydrogen-bond acceptors (Lipinski definition) is 8. The van der Waals surface area contributed by atoms with Gasteiger partial charge < -0.3 is 20.1 Å². The van der Waals surface area contributed by atoms with E-state index in [1.165, 1.54) is 11.8 Å². The first-order valence-corrected chi connectivity index (χ1v) is 12.9. The number of thioether (sulfide) groups is 1. The third kappa shape index (κ3) is 6.69. The third-order valence-corrected chi connectivity index (χ3v) is 7.94. The van der Waals surface area contributed by atoms with Crippen molar-refractivity contribution in [2.45, 2.75) is 44.3 Å². The molecule has 0 radical (unpaired) electrons. The summed E-state index contributed by atoms with van der Waals surface area (Å²) in [5.74, 6) is 0.285. The number of hydrogen-bond donors (Lipinski definition) is 2. The Hall–Kier alpha value is -1.62. The van der Waals surface area contributed by atoms with Crippen molar-refractivity contribution in [3.05, 3.63) is 29.8 Å². The van der Waals surface area contributed by atoms with Crippen LogP contribution in [-0.2, 0) is 30.5 Å². The number of anilines is 1. The van der Waals surface area contributed by atoms with Crippen molar-refractivity contribution in [3.63, 3.8) is 0 Å². The van der Waals surface area contributed by atoms with Crippen LogP contribution in [0.2, 0.25) is 0 Å². The molecule has 3 rings (SSSR count). The van der Waals surface area contributed by atoms with Crippen LogP contribution in [0.5, 0.6) is 0 Å². The monoisotopic (exact) mass is 455 g/mol. The average Bonchev–Trinajstić information content (AvgIpc) is 3.16. The molecule has 10 heteroatoms. The Kier molecular flexibility index (Phi) is 8.15. The van der Waals surface area contributed by atoms with E-state index in [-0.39, 0.29) is 35.0 Å². The number of carbonyl (C=O) groups is 1. The maximum atomic E-state index is 12.2. The highest BCUT2D eigenvalue weighted by Gasteiger charge is 2.42. The second-order valence-electron chi connectivity index (χ2n) is 7.21. The lowest BCUT2D eigenvalue weighted by Gasteiger charge is -2.17. The lowest BCUT2D eigenvalue weighted by Crippen LogP contribution is -2.30. The van der Waals surface area contributed by atoms with Crippen molar-refractivity contribution in [2.75, 3.05) is 36.6 Å². The number of sulfone groups is 1. The van der Waals surface area contributed by atoms with Crippen molar-refractivity contribution in [1.29, 1.82) is 0 Å². The van der Waals surface area contributed by atoms with Crippen LogP contribution in [0.15, 0.2) is 29.3 Å². The molecule has 1 saturated heterocycles. The van der Waals surface area contributed by atoms with E-state index >= 15 is 0 Å². The highest BCUT2D eigenvalue weighted by molar-refractivity contribution is 8.15. The maximum Gasteiger partial charge on any atom is 0.224 e. The van der Waals surface area contributed by atoms with Crippen LogP contribution in [-0.4, -0.2) is 68.3 Å². The number of aliphatic imine (C=N–C) groups is 1. The smallest absolute Gasteiger partial charge is 0.224 e. The average molecular weight is 456 g/mol. The van der Waals surface area contributed by atoms with Gasteiger partial charge in [0.05, 0.1) is 24.0 Å². The van der Waals surface area contributed by atoms with Crippen LogP contribution in [0, 0.1) is 0 Å². The van der Waals surface area contributed by atoms with Gasteiger partial charge in [0.25, 0.3) is 0 Å². The predicted octanol–water partition coefficient (Wildman–Crippen LogP) is 1.81. The molecule has 2 atom stereocenters. The fraction of sp³-hybridized carbons (Fsp3) is 0.600. The molecule has 8 nitrogen and oxygen atoms in total. The molecule has 1 aromatic rings. The van der Waals surface area contributed by atoms with E-state index in [0.29, 0.717) is 32.6 Å². The molecule has 2 N–H and O–H groups in total. The van der Waals surface area contributed by atoms with Gasteiger partial charge >= 0.3 is 0 Å². The number of nitrogens with zero attached hydrogens (tertiary/aromatic N) is 1. The third-order valence-electron chi connectivity index (χ3n) is 4.80. The van der Waals surface area contributed by atoms with Crippen LogP contribution < -0.4 is 10.6 Å². The number of benzene rings is 1. The molecule has 0 saturated carbocycles. The molecule has 0 bridgehead atoms. The van der Waals surface area contributed by atoms with E-state index < -0.39 is 9.84 Å². The highest BCUT2D eigenvalue weighted by Crippen LogP contribution is 2.34. The first-order valence-electron chi connectivity index (χ1n) is 10.2. The summed E-state index contributed by atoms with van der Waals surface area (Å²) in [6, 6.07) is 7.45. The number of amidine groups is 1. The molecule has 2 heterocycles. The van der Waals surface area contributed by atoms with Crippen LogP contribution in [0.25, 0.3) is 0 Å². The van der Waals surface area contributed by atoms with Crippen molar-refractivity contribution in [3.8, 4) is 0 Å². The summed E-state index contributed by atoms with van der Waals surface area (Å²) in [6.45, 7) is 5.47. The SMILES string of the molecule is CCOC(CCNC(=O)Cc1ccc(NC2=N[C@@H]3CS(=O)(=O)C[C@H]3S2)cc1)OCC. The van der Waals surface area contributed by atoms with Crippen LogP contribution in [0.1, 0.15) is 25.8 Å². The fourth-order valence-corrected chi connectivity index (χ4v) is 7.09. The first kappa shape index (κ1) is 23.1. The topological polar surface area (TPSA) is 106 Å². The molecular weight excluding hydrogens is 426 g/mol. The molecule has 30 heavy (non-hydrogen) atoms. The molecule has 0 unspecified atom stereocenters. The summed E-state index contributed by atoms with van der Waals surface area (Å²) in [4.78, 5) is 16.6. The number of ether oxygens (including phenoxy) is 2. The maximum absolute atomic E-state index is 12.2. The zero-order valence-electron chi connectivity index (χ0n) is 17.3. The fourth-order valence-electron chi connectivity index (χ4n) is 3.41. The van der Waals surface area contributed by atoms with E-state index in [1.54, 1.807) is 0 Å². The minimum Gasteiger partial charge on any atom is -0.356 e. The van der Waals surface area contributed by atoms with Crippen LogP contribution in [0.3, 0.4) is 0 Å². The number of nitrogens with one attached hydrogen (secondary N) is 2. The van der Waals surface area contributed by atoms with E-state index in [9.17, 15) is 13.2 Å². The van der Waals surface area contributed by atoms with Crippen molar-refractivity contribution >= 4 is 38.4 Å². The van der Waals surface area contributed by atoms with Gasteiger partial charge in [-0.15, -0.1) is 0 Å². The first-order chi connectivity index (χ1) is 14.4. The zero-order valence-corrected chi connectivity index (χ0v) is 18.9. The van der Waals surface area contributed by atoms with E-state index in [4.69, 9.17) is 9.47 Å². The lowest BCUT2D eigenvalue weighted by atomic mass is 10.1. The Balaban J connectivity index is 1.42. The molecule has 2 aliphatic heterocycles. The zero-order chi connectivity index (χ0) is 21.6. The van der Waals surface area contributed by atoms with E-state index in [0.717, 1.165) is 16.4 Å².